The van der Waals surface area contributed by atoms with Crippen molar-refractivity contribution in [2.75, 3.05) is 0 Å². The van der Waals surface area contributed by atoms with Crippen LogP contribution in [0.3, 0.4) is 0 Å². The lowest BCUT2D eigenvalue weighted by atomic mass is 9.96. The van der Waals surface area contributed by atoms with Crippen molar-refractivity contribution in [1.82, 2.24) is 24.1 Å². The second-order valence-corrected chi connectivity index (χ2v) is 19.8. The summed E-state index contributed by atoms with van der Waals surface area (Å²) in [6.45, 7) is 8.45. The lowest BCUT2D eigenvalue weighted by Gasteiger charge is -2.21. The average molecular weight is 992 g/mol. The molecule has 13 rings (SSSR count). The number of nitrogens with zero attached hydrogens (tertiary/aromatic N) is 5. The number of para-hydroxylation sites is 2. The van der Waals surface area contributed by atoms with Crippen molar-refractivity contribution in [3.8, 4) is 78.9 Å². The van der Waals surface area contributed by atoms with Gasteiger partial charge in [0.1, 0.15) is 0 Å². The minimum absolute atomic E-state index is 0.404. The molecule has 0 aliphatic rings. The van der Waals surface area contributed by atoms with Gasteiger partial charge in [-0.1, -0.05) is 169 Å². The largest absolute Gasteiger partial charge is 0.416 e. The van der Waals surface area contributed by atoms with Crippen LogP contribution in [0.4, 0.5) is 13.2 Å². The Morgan fingerprint density at radius 3 is 1.25 bits per heavy atom. The number of alkyl halides is 3. The summed E-state index contributed by atoms with van der Waals surface area (Å²) in [5, 5.41) is 4.00. The zero-order valence-corrected chi connectivity index (χ0v) is 42.2. The fraction of sp³-hybridized carbons (Fsp3) is 0.0735. The van der Waals surface area contributed by atoms with Crippen molar-refractivity contribution in [3.63, 3.8) is 0 Å². The van der Waals surface area contributed by atoms with Gasteiger partial charge in [0.05, 0.1) is 39.0 Å². The fourth-order valence-corrected chi connectivity index (χ4v) is 11.2. The van der Waals surface area contributed by atoms with Crippen molar-refractivity contribution in [2.45, 2.75) is 33.9 Å². The van der Waals surface area contributed by atoms with E-state index in [2.05, 4.69) is 128 Å². The van der Waals surface area contributed by atoms with E-state index in [-0.39, 0.29) is 0 Å². The summed E-state index contributed by atoms with van der Waals surface area (Å²) >= 11 is 0. The predicted octanol–water partition coefficient (Wildman–Crippen LogP) is 18.3. The van der Waals surface area contributed by atoms with E-state index in [1.165, 1.54) is 34.4 Å². The van der Waals surface area contributed by atoms with Gasteiger partial charge in [-0.05, 0) is 122 Å². The Labute approximate surface area is 437 Å². The highest BCUT2D eigenvalue weighted by atomic mass is 19.4. The van der Waals surface area contributed by atoms with Crippen LogP contribution in [0.5, 0.6) is 0 Å². The second-order valence-electron chi connectivity index (χ2n) is 19.8. The number of hydrogen-bond donors (Lipinski definition) is 0. The van der Waals surface area contributed by atoms with Crippen molar-refractivity contribution >= 4 is 43.6 Å². The fourth-order valence-electron chi connectivity index (χ4n) is 11.2. The summed E-state index contributed by atoms with van der Waals surface area (Å²) in [7, 11) is 0. The Balaban J connectivity index is 1.11. The van der Waals surface area contributed by atoms with E-state index < -0.39 is 11.7 Å². The van der Waals surface area contributed by atoms with Crippen LogP contribution in [-0.2, 0) is 6.18 Å². The highest BCUT2D eigenvalue weighted by molar-refractivity contribution is 6.13. The molecule has 13 aromatic rings. The zero-order valence-electron chi connectivity index (χ0n) is 42.2. The standard InChI is InChI=1S/C68H48F3N5/c1-41-23-29-51(43(3)35-41)47-26-32-61-56(37-47)53-19-11-13-21-59(53)75(61)63-34-28-50(68(69,70)71)40-58(63)55-31-25-49(67-73-65(45-15-7-5-8-16-45)72-66(74-67)46-17-9-6-10-18-46)39-64(55)76-60-22-14-12-20-54(60)57-38-48(27-33-62(57)76)52-30-24-42(2)36-44(52)4/h5-40H,1-4H3. The molecule has 0 N–H and O–H groups in total. The molecule has 0 radical (unpaired) electrons. The Hall–Kier alpha value is -9.40. The van der Waals surface area contributed by atoms with E-state index >= 15 is 13.2 Å². The van der Waals surface area contributed by atoms with Crippen LogP contribution in [-0.4, -0.2) is 24.1 Å². The Kier molecular flexibility index (Phi) is 11.1. The first kappa shape index (κ1) is 46.4. The topological polar surface area (TPSA) is 48.5 Å². The van der Waals surface area contributed by atoms with Crippen LogP contribution >= 0.6 is 0 Å². The maximum Gasteiger partial charge on any atom is 0.416 e. The van der Waals surface area contributed by atoms with Crippen molar-refractivity contribution in [2.24, 2.45) is 0 Å². The molecule has 3 aromatic heterocycles. The van der Waals surface area contributed by atoms with E-state index in [1.54, 1.807) is 6.07 Å². The van der Waals surface area contributed by atoms with Crippen molar-refractivity contribution in [1.29, 1.82) is 0 Å². The van der Waals surface area contributed by atoms with Crippen molar-refractivity contribution < 1.29 is 13.2 Å². The van der Waals surface area contributed by atoms with Gasteiger partial charge in [0.15, 0.2) is 17.5 Å². The van der Waals surface area contributed by atoms with Gasteiger partial charge in [-0.2, -0.15) is 13.2 Å². The maximum absolute atomic E-state index is 15.4. The number of benzene rings is 10. The normalized spacial score (nSPS) is 11.9. The molecule has 76 heavy (non-hydrogen) atoms. The van der Waals surface area contributed by atoms with E-state index in [4.69, 9.17) is 15.0 Å². The molecule has 0 atom stereocenters. The van der Waals surface area contributed by atoms with Crippen LogP contribution < -0.4 is 0 Å². The highest BCUT2D eigenvalue weighted by Gasteiger charge is 2.33. The number of fused-ring (bicyclic) bond motifs is 6. The monoisotopic (exact) mass is 991 g/mol. The molecule has 0 fully saturated rings. The van der Waals surface area contributed by atoms with Crippen molar-refractivity contribution in [3.05, 3.63) is 246 Å². The van der Waals surface area contributed by atoms with Crippen LogP contribution in [0.15, 0.2) is 218 Å². The number of hydrogen-bond acceptors (Lipinski definition) is 3. The van der Waals surface area contributed by atoms with Crippen LogP contribution in [0.25, 0.3) is 123 Å². The molecular formula is C68H48F3N5. The van der Waals surface area contributed by atoms with E-state index in [0.29, 0.717) is 45.5 Å². The molecule has 0 aliphatic heterocycles. The van der Waals surface area contributed by atoms with E-state index in [1.807, 2.05) is 109 Å². The minimum Gasteiger partial charge on any atom is -0.309 e. The molecule has 0 aliphatic carbocycles. The maximum atomic E-state index is 15.4. The zero-order chi connectivity index (χ0) is 51.8. The van der Waals surface area contributed by atoms with Gasteiger partial charge in [0.2, 0.25) is 0 Å². The van der Waals surface area contributed by atoms with Gasteiger partial charge >= 0.3 is 6.18 Å². The first-order valence-electron chi connectivity index (χ1n) is 25.4. The number of rotatable bonds is 8. The van der Waals surface area contributed by atoms with Gasteiger partial charge in [0, 0.05) is 49.4 Å². The lowest BCUT2D eigenvalue weighted by molar-refractivity contribution is -0.137. The molecule has 5 nitrogen and oxygen atoms in total. The highest BCUT2D eigenvalue weighted by Crippen LogP contribution is 2.45. The number of aryl methyl sites for hydroxylation is 4. The number of halogens is 3. The molecule has 3 heterocycles. The lowest BCUT2D eigenvalue weighted by Crippen LogP contribution is -2.08. The summed E-state index contributed by atoms with van der Waals surface area (Å²) in [5.41, 5.74) is 16.4. The molecule has 0 amide bonds. The Morgan fingerprint density at radius 2 is 0.750 bits per heavy atom. The van der Waals surface area contributed by atoms with Gasteiger partial charge in [-0.25, -0.2) is 15.0 Å². The molecular weight excluding hydrogens is 944 g/mol. The first-order valence-corrected chi connectivity index (χ1v) is 25.4. The first-order chi connectivity index (χ1) is 36.9. The Bertz CT molecular complexity index is 4380. The predicted molar refractivity (Wildman–Crippen MR) is 305 cm³/mol. The molecule has 366 valence electrons. The molecule has 8 heteroatoms. The third kappa shape index (κ3) is 8.01. The van der Waals surface area contributed by atoms with Gasteiger partial charge in [-0.15, -0.1) is 0 Å². The van der Waals surface area contributed by atoms with Crippen LogP contribution in [0, 0.1) is 27.7 Å². The Morgan fingerprint density at radius 1 is 0.316 bits per heavy atom. The van der Waals surface area contributed by atoms with Gasteiger partial charge in [-0.3, -0.25) is 0 Å². The molecule has 0 unspecified atom stereocenters. The summed E-state index contributed by atoms with van der Waals surface area (Å²) in [5.74, 6) is 1.42. The summed E-state index contributed by atoms with van der Waals surface area (Å²) in [6, 6.07) is 72.0. The summed E-state index contributed by atoms with van der Waals surface area (Å²) in [6.07, 6.45) is -4.64. The third-order valence-corrected chi connectivity index (χ3v) is 14.8. The quantitative estimate of drug-likeness (QED) is 0.152. The van der Waals surface area contributed by atoms with E-state index in [0.717, 1.165) is 77.0 Å². The summed E-state index contributed by atoms with van der Waals surface area (Å²) in [4.78, 5) is 15.2. The molecule has 0 spiro atoms. The van der Waals surface area contributed by atoms with Crippen LogP contribution in [0.2, 0.25) is 0 Å². The molecule has 10 aromatic carbocycles. The molecule has 0 saturated carbocycles. The second kappa shape index (κ2) is 18.2. The summed E-state index contributed by atoms with van der Waals surface area (Å²) < 4.78 is 50.4. The smallest absolute Gasteiger partial charge is 0.309 e. The average Bonchev–Trinajstić information content (AvgIpc) is 4.10. The van der Waals surface area contributed by atoms with Gasteiger partial charge < -0.3 is 9.13 Å². The van der Waals surface area contributed by atoms with E-state index in [9.17, 15) is 0 Å². The minimum atomic E-state index is -4.64. The third-order valence-electron chi connectivity index (χ3n) is 14.8. The van der Waals surface area contributed by atoms with Crippen LogP contribution in [0.1, 0.15) is 27.8 Å². The SMILES string of the molecule is Cc1ccc(-c2ccc3c(c2)c2ccccc2n3-c2ccc(C(F)(F)F)cc2-c2ccc(-c3nc(-c4ccccc4)nc(-c4ccccc4)n3)cc2-n2c3ccccc3c3cc(-c4ccc(C)cc4C)ccc32)c(C)c1. The molecule has 0 bridgehead atoms. The molecule has 0 saturated heterocycles. The van der Waals surface area contributed by atoms with Gasteiger partial charge in [0.25, 0.3) is 0 Å². The number of aromatic nitrogens is 5.